The second kappa shape index (κ2) is 5.77. The largest absolute Gasteiger partial charge is 0.469 e. The van der Waals surface area contributed by atoms with Crippen LogP contribution in [0.5, 0.6) is 0 Å². The van der Waals surface area contributed by atoms with E-state index in [9.17, 15) is 9.59 Å². The fraction of sp³-hybridized carbons (Fsp3) is 0.538. The minimum Gasteiger partial charge on any atom is -0.469 e. The fourth-order valence-corrected chi connectivity index (χ4v) is 2.15. The summed E-state index contributed by atoms with van der Waals surface area (Å²) in [6.07, 6.45) is 4.34. The summed E-state index contributed by atoms with van der Waals surface area (Å²) >= 11 is 0. The molecule has 0 radical (unpaired) electrons. The molecule has 2 rings (SSSR count). The summed E-state index contributed by atoms with van der Waals surface area (Å²) < 4.78 is 4.72. The molecule has 1 aliphatic rings. The predicted molar refractivity (Wildman–Crippen MR) is 67.4 cm³/mol. The number of hydrogen-bond acceptors (Lipinski definition) is 5. The number of hydrogen-bond donors (Lipinski definition) is 0. The molecule has 102 valence electrons. The normalized spacial score (nSPS) is 16.2. The van der Waals surface area contributed by atoms with Gasteiger partial charge in [0.2, 0.25) is 0 Å². The van der Waals surface area contributed by atoms with E-state index in [4.69, 9.17) is 4.74 Å². The van der Waals surface area contributed by atoms with Crippen LogP contribution in [-0.2, 0) is 9.53 Å². The van der Waals surface area contributed by atoms with Gasteiger partial charge in [-0.1, -0.05) is 0 Å². The molecule has 0 bridgehead atoms. The predicted octanol–water partition coefficient (Wildman–Crippen LogP) is 0.810. The van der Waals surface area contributed by atoms with Crippen LogP contribution in [-0.4, -0.2) is 46.9 Å². The van der Waals surface area contributed by atoms with Crippen molar-refractivity contribution in [2.75, 3.05) is 20.2 Å². The molecule has 0 N–H and O–H groups in total. The van der Waals surface area contributed by atoms with Crippen molar-refractivity contribution in [3.63, 3.8) is 0 Å². The van der Waals surface area contributed by atoms with Gasteiger partial charge in [0, 0.05) is 19.3 Å². The van der Waals surface area contributed by atoms with Gasteiger partial charge in [-0.3, -0.25) is 14.6 Å². The Morgan fingerprint density at radius 3 is 2.47 bits per heavy atom. The van der Waals surface area contributed by atoms with Gasteiger partial charge >= 0.3 is 5.97 Å². The molecule has 0 spiro atoms. The third-order valence-corrected chi connectivity index (χ3v) is 3.32. The molecule has 0 atom stereocenters. The lowest BCUT2D eigenvalue weighted by Crippen LogP contribution is -2.40. The number of aromatic nitrogens is 2. The SMILES string of the molecule is COC(=O)C1CCN(C(=O)c2cnc(C)cn2)CC1. The zero-order valence-electron chi connectivity index (χ0n) is 11.1. The van der Waals surface area contributed by atoms with Crippen molar-refractivity contribution in [1.82, 2.24) is 14.9 Å². The molecule has 1 aromatic rings. The lowest BCUT2D eigenvalue weighted by molar-refractivity contribution is -0.146. The topological polar surface area (TPSA) is 72.4 Å². The Labute approximate surface area is 111 Å². The molecule has 6 nitrogen and oxygen atoms in total. The van der Waals surface area contributed by atoms with Crippen LogP contribution in [0.4, 0.5) is 0 Å². The minimum absolute atomic E-state index is 0.0989. The average molecular weight is 263 g/mol. The van der Waals surface area contributed by atoms with Crippen LogP contribution < -0.4 is 0 Å². The van der Waals surface area contributed by atoms with Gasteiger partial charge in [0.25, 0.3) is 5.91 Å². The summed E-state index contributed by atoms with van der Waals surface area (Å²) in [7, 11) is 1.39. The van der Waals surface area contributed by atoms with Gasteiger partial charge in [-0.25, -0.2) is 4.98 Å². The monoisotopic (exact) mass is 263 g/mol. The van der Waals surface area contributed by atoms with Crippen molar-refractivity contribution in [2.45, 2.75) is 19.8 Å². The Balaban J connectivity index is 1.96. The van der Waals surface area contributed by atoms with Gasteiger partial charge in [0.1, 0.15) is 5.69 Å². The molecule has 6 heteroatoms. The van der Waals surface area contributed by atoms with E-state index in [1.807, 2.05) is 6.92 Å². The number of ether oxygens (including phenoxy) is 1. The Hall–Kier alpha value is -1.98. The van der Waals surface area contributed by atoms with Crippen LogP contribution >= 0.6 is 0 Å². The number of likely N-dealkylation sites (tertiary alicyclic amines) is 1. The van der Waals surface area contributed by atoms with E-state index in [1.165, 1.54) is 13.3 Å². The summed E-state index contributed by atoms with van der Waals surface area (Å²) in [5.74, 6) is -0.420. The van der Waals surface area contributed by atoms with Crippen LogP contribution in [0.25, 0.3) is 0 Å². The lowest BCUT2D eigenvalue weighted by atomic mass is 9.97. The number of nitrogens with zero attached hydrogens (tertiary/aromatic N) is 3. The van der Waals surface area contributed by atoms with Gasteiger partial charge < -0.3 is 9.64 Å². The number of methoxy groups -OCH3 is 1. The molecule has 0 aromatic carbocycles. The number of esters is 1. The Morgan fingerprint density at radius 1 is 1.26 bits per heavy atom. The summed E-state index contributed by atoms with van der Waals surface area (Å²) in [6.45, 7) is 2.92. The molecular formula is C13H17N3O3. The fourth-order valence-electron chi connectivity index (χ4n) is 2.15. The summed E-state index contributed by atoms with van der Waals surface area (Å²) in [5.41, 5.74) is 1.13. The van der Waals surface area contributed by atoms with Crippen molar-refractivity contribution >= 4 is 11.9 Å². The zero-order chi connectivity index (χ0) is 13.8. The standard InChI is InChI=1S/C13H17N3O3/c1-9-7-15-11(8-14-9)12(17)16-5-3-10(4-6-16)13(18)19-2/h7-8,10H,3-6H2,1-2H3. The molecule has 1 fully saturated rings. The highest BCUT2D eigenvalue weighted by Gasteiger charge is 2.28. The van der Waals surface area contributed by atoms with Gasteiger partial charge in [-0.2, -0.15) is 0 Å². The van der Waals surface area contributed by atoms with Gasteiger partial charge in [0.05, 0.1) is 24.9 Å². The first kappa shape index (κ1) is 13.5. The van der Waals surface area contributed by atoms with Crippen molar-refractivity contribution in [3.8, 4) is 0 Å². The van der Waals surface area contributed by atoms with Gasteiger partial charge in [-0.15, -0.1) is 0 Å². The van der Waals surface area contributed by atoms with E-state index in [0.717, 1.165) is 5.69 Å². The quantitative estimate of drug-likeness (QED) is 0.738. The number of rotatable bonds is 2. The summed E-state index contributed by atoms with van der Waals surface area (Å²) in [5, 5.41) is 0. The number of piperidine rings is 1. The van der Waals surface area contributed by atoms with E-state index < -0.39 is 0 Å². The molecule has 1 amide bonds. The molecule has 0 aliphatic carbocycles. The van der Waals surface area contributed by atoms with Crippen molar-refractivity contribution in [1.29, 1.82) is 0 Å². The molecule has 1 aliphatic heterocycles. The first-order chi connectivity index (χ1) is 9.11. The highest BCUT2D eigenvalue weighted by Crippen LogP contribution is 2.19. The van der Waals surface area contributed by atoms with Crippen LogP contribution in [0.1, 0.15) is 29.0 Å². The van der Waals surface area contributed by atoms with Gasteiger partial charge in [0.15, 0.2) is 0 Å². The first-order valence-corrected chi connectivity index (χ1v) is 6.27. The van der Waals surface area contributed by atoms with Crippen molar-refractivity contribution in [2.24, 2.45) is 5.92 Å². The molecule has 2 heterocycles. The third kappa shape index (κ3) is 3.07. The van der Waals surface area contributed by atoms with Crippen molar-refractivity contribution in [3.05, 3.63) is 23.8 Å². The Bertz CT molecular complexity index is 465. The highest BCUT2D eigenvalue weighted by atomic mass is 16.5. The second-order valence-corrected chi connectivity index (χ2v) is 4.63. The van der Waals surface area contributed by atoms with Crippen molar-refractivity contribution < 1.29 is 14.3 Å². The second-order valence-electron chi connectivity index (χ2n) is 4.63. The smallest absolute Gasteiger partial charge is 0.308 e. The van der Waals surface area contributed by atoms with E-state index in [0.29, 0.717) is 31.6 Å². The zero-order valence-corrected chi connectivity index (χ0v) is 11.1. The lowest BCUT2D eigenvalue weighted by Gasteiger charge is -2.30. The first-order valence-electron chi connectivity index (χ1n) is 6.27. The number of amides is 1. The molecule has 0 unspecified atom stereocenters. The number of carbonyl (C=O) groups excluding carboxylic acids is 2. The van der Waals surface area contributed by atoms with E-state index in [1.54, 1.807) is 11.1 Å². The Morgan fingerprint density at radius 2 is 1.95 bits per heavy atom. The van der Waals surface area contributed by atoms with E-state index in [-0.39, 0.29) is 17.8 Å². The number of carbonyl (C=O) groups is 2. The molecule has 0 saturated carbocycles. The minimum atomic E-state index is -0.192. The van der Waals surface area contributed by atoms with Crippen LogP contribution in [0, 0.1) is 12.8 Å². The summed E-state index contributed by atoms with van der Waals surface area (Å²) in [6, 6.07) is 0. The molecule has 1 aromatic heterocycles. The van der Waals surface area contributed by atoms with E-state index in [2.05, 4.69) is 9.97 Å². The Kier molecular flexibility index (Phi) is 4.09. The summed E-state index contributed by atoms with van der Waals surface area (Å²) in [4.78, 5) is 33.4. The van der Waals surface area contributed by atoms with Gasteiger partial charge in [-0.05, 0) is 19.8 Å². The average Bonchev–Trinajstić information content (AvgIpc) is 2.46. The number of aryl methyl sites for hydroxylation is 1. The van der Waals surface area contributed by atoms with Crippen LogP contribution in [0.15, 0.2) is 12.4 Å². The molecule has 1 saturated heterocycles. The maximum Gasteiger partial charge on any atom is 0.308 e. The third-order valence-electron chi connectivity index (χ3n) is 3.32. The maximum absolute atomic E-state index is 12.2. The highest BCUT2D eigenvalue weighted by molar-refractivity contribution is 5.92. The molecule has 19 heavy (non-hydrogen) atoms. The molecular weight excluding hydrogens is 246 g/mol. The van der Waals surface area contributed by atoms with Crippen LogP contribution in [0.2, 0.25) is 0 Å². The maximum atomic E-state index is 12.2. The van der Waals surface area contributed by atoms with E-state index >= 15 is 0 Å². The van der Waals surface area contributed by atoms with Crippen LogP contribution in [0.3, 0.4) is 0 Å².